The van der Waals surface area contributed by atoms with Gasteiger partial charge in [-0.25, -0.2) is 0 Å². The van der Waals surface area contributed by atoms with E-state index < -0.39 is 0 Å². The van der Waals surface area contributed by atoms with Gasteiger partial charge < -0.3 is 10.6 Å². The van der Waals surface area contributed by atoms with E-state index in [1.807, 2.05) is 0 Å². The van der Waals surface area contributed by atoms with Crippen LogP contribution in [0.5, 0.6) is 0 Å². The zero-order valence-electron chi connectivity index (χ0n) is 9.77. The molecule has 0 atom stereocenters. The number of unbranched alkanes of at least 4 members (excludes halogenated alkanes) is 1. The fourth-order valence-electron chi connectivity index (χ4n) is 1.34. The van der Waals surface area contributed by atoms with Crippen molar-refractivity contribution in [3.63, 3.8) is 0 Å². The van der Waals surface area contributed by atoms with Crippen LogP contribution in [-0.4, -0.2) is 30.6 Å². The molecule has 0 aromatic carbocycles. The van der Waals surface area contributed by atoms with Crippen LogP contribution in [0, 0.1) is 0 Å². The lowest BCUT2D eigenvalue weighted by molar-refractivity contribution is 0.305. The summed E-state index contributed by atoms with van der Waals surface area (Å²) in [6, 6.07) is 0. The maximum atomic E-state index is 5.90. The topological polar surface area (TPSA) is 29.3 Å². The van der Waals surface area contributed by atoms with Crippen molar-refractivity contribution in [3.8, 4) is 0 Å². The van der Waals surface area contributed by atoms with E-state index in [0.717, 1.165) is 6.42 Å². The van der Waals surface area contributed by atoms with Crippen molar-refractivity contribution < 1.29 is 0 Å². The van der Waals surface area contributed by atoms with E-state index in [1.165, 1.54) is 32.4 Å². The highest BCUT2D eigenvalue weighted by molar-refractivity contribution is 4.71. The summed E-state index contributed by atoms with van der Waals surface area (Å²) in [5.74, 6) is 0. The van der Waals surface area contributed by atoms with Gasteiger partial charge in [0.25, 0.3) is 0 Å². The molecule has 0 aliphatic heterocycles. The molecule has 0 aromatic heterocycles. The van der Waals surface area contributed by atoms with Crippen molar-refractivity contribution in [3.05, 3.63) is 0 Å². The summed E-state index contributed by atoms with van der Waals surface area (Å²) < 4.78 is 0. The van der Waals surface area contributed by atoms with Gasteiger partial charge in [-0.05, 0) is 53.2 Å². The maximum absolute atomic E-state index is 5.90. The van der Waals surface area contributed by atoms with E-state index in [-0.39, 0.29) is 5.54 Å². The third-order valence-electron chi connectivity index (χ3n) is 2.25. The summed E-state index contributed by atoms with van der Waals surface area (Å²) in [4.78, 5) is 2.40. The van der Waals surface area contributed by atoms with Gasteiger partial charge in [-0.2, -0.15) is 0 Å². The van der Waals surface area contributed by atoms with Crippen LogP contribution in [-0.2, 0) is 0 Å². The number of hydrogen-bond acceptors (Lipinski definition) is 2. The Morgan fingerprint density at radius 2 is 1.69 bits per heavy atom. The molecule has 0 unspecified atom stereocenters. The maximum Gasteiger partial charge on any atom is 0.00975 e. The van der Waals surface area contributed by atoms with E-state index >= 15 is 0 Å². The third kappa shape index (κ3) is 9.84. The van der Waals surface area contributed by atoms with Crippen LogP contribution in [0.15, 0.2) is 0 Å². The zero-order valence-corrected chi connectivity index (χ0v) is 9.77. The summed E-state index contributed by atoms with van der Waals surface area (Å²) in [5, 5.41) is 0. The molecule has 0 fully saturated rings. The van der Waals surface area contributed by atoms with Gasteiger partial charge in [0.05, 0.1) is 0 Å². The lowest BCUT2D eigenvalue weighted by Gasteiger charge is -2.21. The molecule has 80 valence electrons. The molecule has 0 saturated carbocycles. The highest BCUT2D eigenvalue weighted by Gasteiger charge is 2.09. The average Bonchev–Trinajstić information content (AvgIpc) is 1.98. The molecule has 0 aliphatic carbocycles. The van der Waals surface area contributed by atoms with Crippen molar-refractivity contribution in [1.82, 2.24) is 4.90 Å². The molecular formula is C11H26N2. The monoisotopic (exact) mass is 186 g/mol. The Balaban J connectivity index is 3.31. The summed E-state index contributed by atoms with van der Waals surface area (Å²) in [6.07, 6.45) is 4.92. The second-order valence-electron chi connectivity index (χ2n) is 4.75. The highest BCUT2D eigenvalue weighted by Crippen LogP contribution is 2.07. The molecule has 0 amide bonds. The molecule has 0 spiro atoms. The number of rotatable bonds is 7. The van der Waals surface area contributed by atoms with E-state index in [9.17, 15) is 0 Å². The average molecular weight is 186 g/mol. The van der Waals surface area contributed by atoms with Crippen LogP contribution in [0.3, 0.4) is 0 Å². The quantitative estimate of drug-likeness (QED) is 0.660. The Morgan fingerprint density at radius 3 is 2.15 bits per heavy atom. The lowest BCUT2D eigenvalue weighted by Crippen LogP contribution is -2.33. The van der Waals surface area contributed by atoms with Gasteiger partial charge >= 0.3 is 0 Å². The number of nitrogens with zero attached hydrogens (tertiary/aromatic N) is 1. The molecule has 0 heterocycles. The molecule has 0 aromatic rings. The van der Waals surface area contributed by atoms with Gasteiger partial charge in [-0.3, -0.25) is 0 Å². The predicted octanol–water partition coefficient (Wildman–Crippen LogP) is 2.24. The van der Waals surface area contributed by atoms with E-state index in [2.05, 4.69) is 32.7 Å². The van der Waals surface area contributed by atoms with Crippen LogP contribution in [0.1, 0.15) is 46.5 Å². The number of hydrogen-bond donors (Lipinski definition) is 1. The van der Waals surface area contributed by atoms with Crippen LogP contribution >= 0.6 is 0 Å². The fourth-order valence-corrected chi connectivity index (χ4v) is 1.34. The van der Waals surface area contributed by atoms with E-state index in [4.69, 9.17) is 5.73 Å². The first-order valence-corrected chi connectivity index (χ1v) is 5.43. The van der Waals surface area contributed by atoms with Crippen molar-refractivity contribution in [2.24, 2.45) is 5.73 Å². The number of nitrogens with two attached hydrogens (primary N) is 1. The molecular weight excluding hydrogens is 160 g/mol. The first-order chi connectivity index (χ1) is 5.95. The van der Waals surface area contributed by atoms with Crippen molar-refractivity contribution in [1.29, 1.82) is 0 Å². The molecule has 2 nitrogen and oxygen atoms in total. The Hall–Kier alpha value is -0.0800. The molecule has 0 saturated heterocycles. The Morgan fingerprint density at radius 1 is 1.15 bits per heavy atom. The first kappa shape index (κ1) is 12.9. The largest absolute Gasteiger partial charge is 0.326 e. The summed E-state index contributed by atoms with van der Waals surface area (Å²) in [5.41, 5.74) is 5.91. The second kappa shape index (κ2) is 6.39. The van der Waals surface area contributed by atoms with Crippen molar-refractivity contribution in [2.45, 2.75) is 52.0 Å². The molecule has 0 bridgehead atoms. The standard InChI is InChI=1S/C11H26N2/c1-5-6-9-13(4)10-7-8-11(2,3)12/h5-10,12H2,1-4H3. The van der Waals surface area contributed by atoms with E-state index in [1.54, 1.807) is 0 Å². The van der Waals surface area contributed by atoms with Gasteiger partial charge in [-0.15, -0.1) is 0 Å². The minimum absolute atomic E-state index is 0.00555. The van der Waals surface area contributed by atoms with Gasteiger partial charge in [-0.1, -0.05) is 13.3 Å². The smallest absolute Gasteiger partial charge is 0.00975 e. The van der Waals surface area contributed by atoms with Crippen LogP contribution < -0.4 is 5.73 Å². The molecule has 13 heavy (non-hydrogen) atoms. The zero-order chi connectivity index (χ0) is 10.3. The van der Waals surface area contributed by atoms with E-state index in [0.29, 0.717) is 0 Å². The molecule has 0 aliphatic rings. The Labute approximate surface area is 83.5 Å². The van der Waals surface area contributed by atoms with Gasteiger partial charge in [0.2, 0.25) is 0 Å². The van der Waals surface area contributed by atoms with Crippen LogP contribution in [0.2, 0.25) is 0 Å². The predicted molar refractivity (Wildman–Crippen MR) is 59.9 cm³/mol. The normalized spacial score (nSPS) is 12.5. The molecule has 0 rings (SSSR count). The van der Waals surface area contributed by atoms with Crippen molar-refractivity contribution in [2.75, 3.05) is 20.1 Å². The van der Waals surface area contributed by atoms with Crippen molar-refractivity contribution >= 4 is 0 Å². The fraction of sp³-hybridized carbons (Fsp3) is 1.00. The molecule has 2 heteroatoms. The van der Waals surface area contributed by atoms with Gasteiger partial charge in [0.1, 0.15) is 0 Å². The Bertz CT molecular complexity index is 116. The van der Waals surface area contributed by atoms with Crippen LogP contribution in [0.4, 0.5) is 0 Å². The summed E-state index contributed by atoms with van der Waals surface area (Å²) >= 11 is 0. The highest BCUT2D eigenvalue weighted by atomic mass is 15.1. The minimum atomic E-state index is 0.00555. The van der Waals surface area contributed by atoms with Crippen LogP contribution in [0.25, 0.3) is 0 Å². The SMILES string of the molecule is CCCCN(C)CCCC(C)(C)N. The molecule has 0 radical (unpaired) electrons. The van der Waals surface area contributed by atoms with Gasteiger partial charge in [0, 0.05) is 5.54 Å². The second-order valence-corrected chi connectivity index (χ2v) is 4.75. The summed E-state index contributed by atoms with van der Waals surface area (Å²) in [6.45, 7) is 8.83. The summed E-state index contributed by atoms with van der Waals surface area (Å²) in [7, 11) is 2.19. The first-order valence-electron chi connectivity index (χ1n) is 5.43. The third-order valence-corrected chi connectivity index (χ3v) is 2.25. The molecule has 2 N–H and O–H groups in total. The van der Waals surface area contributed by atoms with Gasteiger partial charge in [0.15, 0.2) is 0 Å². The lowest BCUT2D eigenvalue weighted by atomic mass is 10.00. The Kier molecular flexibility index (Phi) is 6.35. The minimum Gasteiger partial charge on any atom is -0.326 e.